The predicted molar refractivity (Wildman–Crippen MR) is 112 cm³/mol. The van der Waals surface area contributed by atoms with Gasteiger partial charge in [0.1, 0.15) is 11.8 Å². The molecule has 0 saturated heterocycles. The number of aromatic amines is 1. The zero-order valence-electron chi connectivity index (χ0n) is 16.7. The molecule has 3 aromatic rings. The standard InChI is InChI=1S/C23H26N2O4/c1-3-4-13-29-18-11-9-16(10-12-18)22(26)25-21(23(27)28-2)14-17-15-24-20-8-6-5-7-19(17)20/h5-12,15,21,24H,3-4,13-14H2,1-2H3,(H,25,26)/t21-/m1/s1. The van der Waals surface area contributed by atoms with Gasteiger partial charge in [-0.2, -0.15) is 0 Å². The quantitative estimate of drug-likeness (QED) is 0.427. The van der Waals surface area contributed by atoms with Crippen molar-refractivity contribution in [1.82, 2.24) is 10.3 Å². The van der Waals surface area contributed by atoms with Crippen LogP contribution in [-0.2, 0) is 16.0 Å². The lowest BCUT2D eigenvalue weighted by Crippen LogP contribution is -2.43. The van der Waals surface area contributed by atoms with Crippen molar-refractivity contribution >= 4 is 22.8 Å². The maximum absolute atomic E-state index is 12.7. The number of carbonyl (C=O) groups is 2. The van der Waals surface area contributed by atoms with Crippen LogP contribution in [0, 0.1) is 0 Å². The van der Waals surface area contributed by atoms with Crippen molar-refractivity contribution in [1.29, 1.82) is 0 Å². The van der Waals surface area contributed by atoms with Crippen molar-refractivity contribution < 1.29 is 19.1 Å². The van der Waals surface area contributed by atoms with Crippen molar-refractivity contribution in [2.75, 3.05) is 13.7 Å². The van der Waals surface area contributed by atoms with Crippen molar-refractivity contribution in [3.63, 3.8) is 0 Å². The zero-order chi connectivity index (χ0) is 20.6. The molecule has 0 saturated carbocycles. The molecule has 2 N–H and O–H groups in total. The van der Waals surface area contributed by atoms with E-state index in [9.17, 15) is 9.59 Å². The first-order valence-corrected chi connectivity index (χ1v) is 9.79. The van der Waals surface area contributed by atoms with Crippen LogP contribution in [0.4, 0.5) is 0 Å². The van der Waals surface area contributed by atoms with E-state index >= 15 is 0 Å². The highest BCUT2D eigenvalue weighted by molar-refractivity contribution is 5.97. The summed E-state index contributed by atoms with van der Waals surface area (Å²) in [5.41, 5.74) is 2.38. The van der Waals surface area contributed by atoms with Gasteiger partial charge in [-0.3, -0.25) is 4.79 Å². The Bertz CT molecular complexity index is 962. The number of hydrogen-bond donors (Lipinski definition) is 2. The van der Waals surface area contributed by atoms with Gasteiger partial charge in [-0.15, -0.1) is 0 Å². The molecule has 0 spiro atoms. The van der Waals surface area contributed by atoms with E-state index in [0.29, 0.717) is 18.6 Å². The van der Waals surface area contributed by atoms with Gasteiger partial charge in [0.25, 0.3) is 5.91 Å². The third kappa shape index (κ3) is 5.16. The summed E-state index contributed by atoms with van der Waals surface area (Å²) in [5, 5.41) is 3.81. The number of para-hydroxylation sites is 1. The van der Waals surface area contributed by atoms with E-state index in [4.69, 9.17) is 9.47 Å². The molecular formula is C23H26N2O4. The van der Waals surface area contributed by atoms with Gasteiger partial charge in [0, 0.05) is 29.1 Å². The van der Waals surface area contributed by atoms with Gasteiger partial charge < -0.3 is 19.8 Å². The number of rotatable bonds is 9. The summed E-state index contributed by atoms with van der Waals surface area (Å²) in [6.45, 7) is 2.75. The third-order valence-corrected chi connectivity index (χ3v) is 4.77. The van der Waals surface area contributed by atoms with Crippen LogP contribution in [0.1, 0.15) is 35.7 Å². The summed E-state index contributed by atoms with van der Waals surface area (Å²) in [5.74, 6) is -0.0955. The van der Waals surface area contributed by atoms with Crippen LogP contribution >= 0.6 is 0 Å². The molecule has 6 heteroatoms. The van der Waals surface area contributed by atoms with Gasteiger partial charge in [0.15, 0.2) is 0 Å². The number of methoxy groups -OCH3 is 1. The lowest BCUT2D eigenvalue weighted by Gasteiger charge is -2.16. The fraction of sp³-hybridized carbons (Fsp3) is 0.304. The van der Waals surface area contributed by atoms with Crippen molar-refractivity contribution in [2.45, 2.75) is 32.2 Å². The molecule has 0 unspecified atom stereocenters. The van der Waals surface area contributed by atoms with Crippen LogP contribution in [0.2, 0.25) is 0 Å². The molecule has 1 aromatic heterocycles. The normalized spacial score (nSPS) is 11.8. The zero-order valence-corrected chi connectivity index (χ0v) is 16.7. The average Bonchev–Trinajstić information content (AvgIpc) is 3.16. The van der Waals surface area contributed by atoms with Gasteiger partial charge in [-0.25, -0.2) is 4.79 Å². The van der Waals surface area contributed by atoms with E-state index < -0.39 is 12.0 Å². The predicted octanol–water partition coefficient (Wildman–Crippen LogP) is 3.86. The Kier molecular flexibility index (Phi) is 6.89. The largest absolute Gasteiger partial charge is 0.494 e. The number of esters is 1. The Hall–Kier alpha value is -3.28. The van der Waals surface area contributed by atoms with E-state index in [1.807, 2.05) is 30.5 Å². The molecule has 0 radical (unpaired) electrons. The van der Waals surface area contributed by atoms with Gasteiger partial charge >= 0.3 is 5.97 Å². The minimum atomic E-state index is -0.785. The molecule has 0 aliphatic heterocycles. The Morgan fingerprint density at radius 3 is 2.59 bits per heavy atom. The van der Waals surface area contributed by atoms with Gasteiger partial charge in [-0.05, 0) is 42.3 Å². The van der Waals surface area contributed by atoms with Crippen molar-refractivity contribution in [2.24, 2.45) is 0 Å². The van der Waals surface area contributed by atoms with E-state index in [0.717, 1.165) is 35.1 Å². The molecule has 6 nitrogen and oxygen atoms in total. The summed E-state index contributed by atoms with van der Waals surface area (Å²) in [6, 6.07) is 13.9. The Morgan fingerprint density at radius 2 is 1.86 bits per heavy atom. The highest BCUT2D eigenvalue weighted by atomic mass is 16.5. The summed E-state index contributed by atoms with van der Waals surface area (Å²) in [4.78, 5) is 28.1. The maximum Gasteiger partial charge on any atom is 0.328 e. The molecular weight excluding hydrogens is 368 g/mol. The molecule has 0 fully saturated rings. The molecule has 0 aliphatic rings. The van der Waals surface area contributed by atoms with E-state index in [1.165, 1.54) is 7.11 Å². The van der Waals surface area contributed by atoms with E-state index in [-0.39, 0.29) is 5.91 Å². The van der Waals surface area contributed by atoms with Crippen LogP contribution in [-0.4, -0.2) is 36.6 Å². The van der Waals surface area contributed by atoms with Gasteiger partial charge in [-0.1, -0.05) is 31.5 Å². The topological polar surface area (TPSA) is 80.4 Å². The minimum absolute atomic E-state index is 0.333. The molecule has 0 bridgehead atoms. The number of ether oxygens (including phenoxy) is 2. The first-order valence-electron chi connectivity index (χ1n) is 9.79. The summed E-state index contributed by atoms with van der Waals surface area (Å²) >= 11 is 0. The second-order valence-electron chi connectivity index (χ2n) is 6.84. The smallest absolute Gasteiger partial charge is 0.328 e. The van der Waals surface area contributed by atoms with Crippen molar-refractivity contribution in [3.8, 4) is 5.75 Å². The van der Waals surface area contributed by atoms with E-state index in [1.54, 1.807) is 24.3 Å². The number of carbonyl (C=O) groups excluding carboxylic acids is 2. The Balaban J connectivity index is 1.69. The molecule has 0 aliphatic carbocycles. The highest BCUT2D eigenvalue weighted by Crippen LogP contribution is 2.20. The first kappa shape index (κ1) is 20.5. The van der Waals surface area contributed by atoms with Crippen LogP contribution in [0.15, 0.2) is 54.7 Å². The molecule has 1 heterocycles. The second-order valence-corrected chi connectivity index (χ2v) is 6.84. The number of hydrogen-bond acceptors (Lipinski definition) is 4. The second kappa shape index (κ2) is 9.78. The molecule has 1 amide bonds. The van der Waals surface area contributed by atoms with Crippen LogP contribution in [0.3, 0.4) is 0 Å². The highest BCUT2D eigenvalue weighted by Gasteiger charge is 2.24. The average molecular weight is 394 g/mol. The Morgan fingerprint density at radius 1 is 1.10 bits per heavy atom. The Labute approximate surface area is 170 Å². The maximum atomic E-state index is 12.7. The van der Waals surface area contributed by atoms with Crippen molar-refractivity contribution in [3.05, 3.63) is 65.9 Å². The number of H-pyrrole nitrogens is 1. The number of aromatic nitrogens is 1. The SMILES string of the molecule is CCCCOc1ccc(C(=O)N[C@H](Cc2c[nH]c3ccccc23)C(=O)OC)cc1. The number of amides is 1. The van der Waals surface area contributed by atoms with Crippen LogP contribution < -0.4 is 10.1 Å². The lowest BCUT2D eigenvalue weighted by atomic mass is 10.0. The molecule has 3 rings (SSSR count). The fourth-order valence-corrected chi connectivity index (χ4v) is 3.13. The first-order chi connectivity index (χ1) is 14.1. The van der Waals surface area contributed by atoms with Gasteiger partial charge in [0.05, 0.1) is 13.7 Å². The van der Waals surface area contributed by atoms with Gasteiger partial charge in [0.2, 0.25) is 0 Å². The molecule has 2 aromatic carbocycles. The molecule has 152 valence electrons. The molecule has 29 heavy (non-hydrogen) atoms. The number of fused-ring (bicyclic) bond motifs is 1. The number of benzene rings is 2. The lowest BCUT2D eigenvalue weighted by molar-refractivity contribution is -0.142. The third-order valence-electron chi connectivity index (χ3n) is 4.77. The van der Waals surface area contributed by atoms with Crippen LogP contribution in [0.25, 0.3) is 10.9 Å². The minimum Gasteiger partial charge on any atom is -0.494 e. The number of unbranched alkanes of at least 4 members (excludes halogenated alkanes) is 1. The monoisotopic (exact) mass is 394 g/mol. The van der Waals surface area contributed by atoms with Crippen LogP contribution in [0.5, 0.6) is 5.75 Å². The summed E-state index contributed by atoms with van der Waals surface area (Å²) in [6.07, 6.45) is 4.23. The molecule has 1 atom stereocenters. The number of nitrogens with one attached hydrogen (secondary N) is 2. The fourth-order valence-electron chi connectivity index (χ4n) is 3.13. The summed E-state index contributed by atoms with van der Waals surface area (Å²) < 4.78 is 10.5. The van der Waals surface area contributed by atoms with E-state index in [2.05, 4.69) is 17.2 Å². The summed E-state index contributed by atoms with van der Waals surface area (Å²) in [7, 11) is 1.32.